The predicted octanol–water partition coefficient (Wildman–Crippen LogP) is 1.62. The van der Waals surface area contributed by atoms with Crippen LogP contribution in [0.25, 0.3) is 5.52 Å². The lowest BCUT2D eigenvalue weighted by Gasteiger charge is -2.29. The monoisotopic (exact) mass is 242 g/mol. The molecule has 2 fully saturated rings. The number of hydrogen-bond donors (Lipinski definition) is 1. The number of rotatable bonds is 2. The van der Waals surface area contributed by atoms with Crippen LogP contribution in [0.3, 0.4) is 0 Å². The van der Waals surface area contributed by atoms with Crippen LogP contribution in [0.4, 0.5) is 5.69 Å². The van der Waals surface area contributed by atoms with Crippen molar-refractivity contribution in [2.24, 2.45) is 0 Å². The molecule has 0 spiro atoms. The summed E-state index contributed by atoms with van der Waals surface area (Å²) in [5.74, 6) is 1.95. The number of pyridine rings is 1. The van der Waals surface area contributed by atoms with E-state index in [0.717, 1.165) is 26.2 Å². The fourth-order valence-corrected chi connectivity index (χ4v) is 2.77. The third kappa shape index (κ3) is 1.68. The van der Waals surface area contributed by atoms with Crippen molar-refractivity contribution in [2.75, 3.05) is 31.1 Å². The van der Waals surface area contributed by atoms with Gasteiger partial charge in [-0.25, -0.2) is 4.98 Å². The fourth-order valence-electron chi connectivity index (χ4n) is 2.77. The fraction of sp³-hybridized carbons (Fsp3) is 0.500. The second kappa shape index (κ2) is 3.99. The van der Waals surface area contributed by atoms with Gasteiger partial charge in [-0.1, -0.05) is 0 Å². The zero-order valence-corrected chi connectivity index (χ0v) is 10.5. The van der Waals surface area contributed by atoms with Crippen LogP contribution in [0.1, 0.15) is 24.6 Å². The van der Waals surface area contributed by atoms with Crippen molar-refractivity contribution in [2.45, 2.75) is 18.8 Å². The number of anilines is 1. The summed E-state index contributed by atoms with van der Waals surface area (Å²) >= 11 is 0. The van der Waals surface area contributed by atoms with Crippen molar-refractivity contribution < 1.29 is 0 Å². The Morgan fingerprint density at radius 1 is 1.22 bits per heavy atom. The van der Waals surface area contributed by atoms with Gasteiger partial charge in [0.1, 0.15) is 5.82 Å². The zero-order valence-electron chi connectivity index (χ0n) is 10.5. The topological polar surface area (TPSA) is 32.6 Å². The van der Waals surface area contributed by atoms with E-state index in [-0.39, 0.29) is 0 Å². The van der Waals surface area contributed by atoms with Crippen LogP contribution >= 0.6 is 0 Å². The number of fused-ring (bicyclic) bond motifs is 1. The molecule has 2 aromatic heterocycles. The Kier molecular flexibility index (Phi) is 2.30. The first-order valence-corrected chi connectivity index (χ1v) is 6.84. The van der Waals surface area contributed by atoms with Gasteiger partial charge in [0.2, 0.25) is 0 Å². The van der Waals surface area contributed by atoms with Gasteiger partial charge in [0, 0.05) is 44.0 Å². The Balaban J connectivity index is 1.70. The first-order chi connectivity index (χ1) is 8.92. The van der Waals surface area contributed by atoms with Crippen LogP contribution in [-0.2, 0) is 0 Å². The van der Waals surface area contributed by atoms with Crippen molar-refractivity contribution in [3.63, 3.8) is 0 Å². The average molecular weight is 242 g/mol. The Labute approximate surface area is 107 Å². The smallest absolute Gasteiger partial charge is 0.116 e. The Morgan fingerprint density at radius 2 is 2.06 bits per heavy atom. The van der Waals surface area contributed by atoms with Crippen LogP contribution in [0, 0.1) is 0 Å². The van der Waals surface area contributed by atoms with Gasteiger partial charge in [0.05, 0.1) is 11.7 Å². The molecular formula is C14H18N4. The molecule has 1 saturated carbocycles. The summed E-state index contributed by atoms with van der Waals surface area (Å²) < 4.78 is 2.25. The lowest BCUT2D eigenvalue weighted by atomic mass is 10.2. The number of nitrogens with one attached hydrogen (secondary N) is 1. The predicted molar refractivity (Wildman–Crippen MR) is 72.2 cm³/mol. The van der Waals surface area contributed by atoms with Crippen molar-refractivity contribution in [1.82, 2.24) is 14.7 Å². The van der Waals surface area contributed by atoms with E-state index >= 15 is 0 Å². The molecule has 0 unspecified atom stereocenters. The van der Waals surface area contributed by atoms with E-state index in [1.807, 2.05) is 6.20 Å². The summed E-state index contributed by atoms with van der Waals surface area (Å²) in [6, 6.07) is 4.50. The molecule has 3 heterocycles. The number of imidazole rings is 1. The van der Waals surface area contributed by atoms with Crippen LogP contribution < -0.4 is 10.2 Å². The second-order valence-corrected chi connectivity index (χ2v) is 5.31. The molecule has 94 valence electrons. The van der Waals surface area contributed by atoms with Gasteiger partial charge < -0.3 is 14.6 Å². The van der Waals surface area contributed by atoms with Crippen molar-refractivity contribution in [3.05, 3.63) is 30.4 Å². The van der Waals surface area contributed by atoms with Crippen molar-refractivity contribution >= 4 is 11.2 Å². The van der Waals surface area contributed by atoms with Gasteiger partial charge in [-0.05, 0) is 25.0 Å². The van der Waals surface area contributed by atoms with Gasteiger partial charge in [-0.2, -0.15) is 0 Å². The summed E-state index contributed by atoms with van der Waals surface area (Å²) in [6.07, 6.45) is 6.81. The molecule has 1 saturated heterocycles. The molecule has 18 heavy (non-hydrogen) atoms. The van der Waals surface area contributed by atoms with Gasteiger partial charge in [-0.15, -0.1) is 0 Å². The van der Waals surface area contributed by atoms with Crippen LogP contribution in [0.5, 0.6) is 0 Å². The van der Waals surface area contributed by atoms with Gasteiger partial charge in [0.15, 0.2) is 0 Å². The molecule has 0 amide bonds. The van der Waals surface area contributed by atoms with E-state index < -0.39 is 0 Å². The first-order valence-electron chi connectivity index (χ1n) is 6.84. The molecule has 4 nitrogen and oxygen atoms in total. The van der Waals surface area contributed by atoms with Gasteiger partial charge in [0.25, 0.3) is 0 Å². The SMILES string of the molecule is c1cn2c(C3CC3)ncc2cc1N1CCNCC1. The van der Waals surface area contributed by atoms with Crippen LogP contribution in [0.2, 0.25) is 0 Å². The Morgan fingerprint density at radius 3 is 2.83 bits per heavy atom. The third-order valence-corrected chi connectivity index (χ3v) is 3.97. The Bertz CT molecular complexity index is 564. The zero-order chi connectivity index (χ0) is 11.9. The number of piperazine rings is 1. The largest absolute Gasteiger partial charge is 0.369 e. The van der Waals surface area contributed by atoms with Crippen LogP contribution in [0.15, 0.2) is 24.5 Å². The maximum absolute atomic E-state index is 4.58. The average Bonchev–Trinajstić information content (AvgIpc) is 3.19. The summed E-state index contributed by atoms with van der Waals surface area (Å²) in [4.78, 5) is 7.02. The van der Waals surface area contributed by atoms with E-state index in [1.165, 1.54) is 29.9 Å². The summed E-state index contributed by atoms with van der Waals surface area (Å²) in [7, 11) is 0. The Hall–Kier alpha value is -1.55. The summed E-state index contributed by atoms with van der Waals surface area (Å²) in [6.45, 7) is 4.36. The quantitative estimate of drug-likeness (QED) is 0.868. The minimum Gasteiger partial charge on any atom is -0.369 e. The molecule has 1 aliphatic carbocycles. The van der Waals surface area contributed by atoms with E-state index in [0.29, 0.717) is 5.92 Å². The maximum Gasteiger partial charge on any atom is 0.116 e. The highest BCUT2D eigenvalue weighted by Gasteiger charge is 2.27. The van der Waals surface area contributed by atoms with E-state index in [9.17, 15) is 0 Å². The highest BCUT2D eigenvalue weighted by atomic mass is 15.2. The molecular weight excluding hydrogens is 224 g/mol. The molecule has 1 aliphatic heterocycles. The summed E-state index contributed by atoms with van der Waals surface area (Å²) in [5.41, 5.74) is 2.55. The van der Waals surface area contributed by atoms with E-state index in [1.54, 1.807) is 0 Å². The molecule has 4 rings (SSSR count). The lowest BCUT2D eigenvalue weighted by Crippen LogP contribution is -2.43. The minimum atomic E-state index is 0.706. The molecule has 4 heteroatoms. The molecule has 0 aromatic carbocycles. The van der Waals surface area contributed by atoms with Gasteiger partial charge in [-0.3, -0.25) is 0 Å². The third-order valence-electron chi connectivity index (χ3n) is 3.97. The molecule has 0 radical (unpaired) electrons. The highest BCUT2D eigenvalue weighted by molar-refractivity contribution is 5.60. The summed E-state index contributed by atoms with van der Waals surface area (Å²) in [5, 5.41) is 3.39. The number of aromatic nitrogens is 2. The van der Waals surface area contributed by atoms with Crippen molar-refractivity contribution in [1.29, 1.82) is 0 Å². The first kappa shape index (κ1) is 10.4. The minimum absolute atomic E-state index is 0.706. The molecule has 1 N–H and O–H groups in total. The normalized spacial score (nSPS) is 20.6. The van der Waals surface area contributed by atoms with Crippen molar-refractivity contribution in [3.8, 4) is 0 Å². The molecule has 2 aromatic rings. The number of hydrogen-bond acceptors (Lipinski definition) is 3. The number of nitrogens with zero attached hydrogens (tertiary/aromatic N) is 3. The maximum atomic E-state index is 4.58. The lowest BCUT2D eigenvalue weighted by molar-refractivity contribution is 0.589. The standard InChI is InChI=1S/C14H18N4/c1-2-11(1)14-16-10-13-9-12(3-6-18(13)14)17-7-4-15-5-8-17/h3,6,9-11,15H,1-2,4-5,7-8H2. The van der Waals surface area contributed by atoms with Gasteiger partial charge >= 0.3 is 0 Å². The molecule has 2 aliphatic rings. The molecule has 0 bridgehead atoms. The van der Waals surface area contributed by atoms with E-state index in [4.69, 9.17) is 0 Å². The second-order valence-electron chi connectivity index (χ2n) is 5.31. The van der Waals surface area contributed by atoms with Crippen LogP contribution in [-0.4, -0.2) is 35.6 Å². The highest BCUT2D eigenvalue weighted by Crippen LogP contribution is 2.39. The molecule has 0 atom stereocenters. The van der Waals surface area contributed by atoms with E-state index in [2.05, 4.69) is 37.9 Å².